The molecule has 4 nitrogen and oxygen atoms in total. The van der Waals surface area contributed by atoms with Crippen molar-refractivity contribution in [3.05, 3.63) is 430 Å². The number of rotatable bonds is 10. The van der Waals surface area contributed by atoms with E-state index in [0.29, 0.717) is 0 Å². The first kappa shape index (κ1) is 70.5. The molecule has 2 aromatic heterocycles. The minimum atomic E-state index is -0.406. The van der Waals surface area contributed by atoms with Crippen LogP contribution in [0.15, 0.2) is 425 Å². The minimum Gasteiger partial charge on any atom is -0.310 e. The van der Waals surface area contributed by atoms with Gasteiger partial charge in [0.25, 0.3) is 6.71 Å². The Morgan fingerprint density at radius 3 is 0.854 bits per heavy atom. The SMILES string of the molecule is CC(C)(C)c1cc2c3c(c1)N(c1c(-c4ccccc4)cc(-c4ccccc4)cc1-c1ccccc1)c1cc(-n4c5ccc6ccccc6c5c5c6ccccc6c6ccccc6c54)ccc1B3c1ccc(-n3c4ccc5ccccc5c4c4c5ccccc5c5ccccc5c43)cc1N2c1c(-c2ccccc2)cc(-c2ccccc2)cc1-c1ccccc1. The summed E-state index contributed by atoms with van der Waals surface area (Å²) in [6, 6.07) is 161. The van der Waals surface area contributed by atoms with Gasteiger partial charge >= 0.3 is 0 Å². The van der Waals surface area contributed by atoms with Gasteiger partial charge in [0, 0.05) is 88.7 Å². The van der Waals surface area contributed by atoms with Crippen molar-refractivity contribution in [3.8, 4) is 78.1 Å². The summed E-state index contributed by atoms with van der Waals surface area (Å²) in [6.45, 7) is 6.90. The van der Waals surface area contributed by atoms with E-state index < -0.39 is 5.41 Å². The average Bonchev–Trinajstić information content (AvgIpc) is 1.38. The van der Waals surface area contributed by atoms with E-state index in [1.165, 1.54) is 119 Å². The highest BCUT2D eigenvalue weighted by atomic mass is 15.2. The van der Waals surface area contributed by atoms with Crippen molar-refractivity contribution < 1.29 is 0 Å². The topological polar surface area (TPSA) is 16.3 Å². The van der Waals surface area contributed by atoms with E-state index in [1.54, 1.807) is 0 Å². The van der Waals surface area contributed by atoms with Crippen molar-refractivity contribution in [2.75, 3.05) is 9.80 Å². The van der Waals surface area contributed by atoms with Gasteiger partial charge in [-0.15, -0.1) is 0 Å². The lowest BCUT2D eigenvalue weighted by atomic mass is 9.33. The van der Waals surface area contributed by atoms with Crippen LogP contribution in [-0.2, 0) is 5.41 Å². The fourth-order valence-corrected chi connectivity index (χ4v) is 21.3. The van der Waals surface area contributed by atoms with Crippen molar-refractivity contribution in [1.29, 1.82) is 0 Å². The van der Waals surface area contributed by atoms with Crippen LogP contribution in [0.5, 0.6) is 0 Å². The van der Waals surface area contributed by atoms with E-state index >= 15 is 0 Å². The van der Waals surface area contributed by atoms with E-state index in [9.17, 15) is 0 Å². The summed E-state index contributed by atoms with van der Waals surface area (Å²) in [5.74, 6) is 0. The molecule has 0 fully saturated rings. The molecule has 0 spiro atoms. The smallest absolute Gasteiger partial charge is 0.252 e. The van der Waals surface area contributed by atoms with E-state index in [4.69, 9.17) is 0 Å². The molecule has 2 aliphatic heterocycles. The Labute approximate surface area is 714 Å². The predicted octanol–water partition coefficient (Wildman–Crippen LogP) is 30.2. The van der Waals surface area contributed by atoms with Crippen LogP contribution in [0.3, 0.4) is 0 Å². The molecule has 5 heteroatoms. The summed E-state index contributed by atoms with van der Waals surface area (Å²) in [5, 5.41) is 19.7. The highest BCUT2D eigenvalue weighted by Crippen LogP contribution is 2.57. The molecular weight excluding hydrogens is 1480 g/mol. The second kappa shape index (κ2) is 27.5. The molecule has 0 N–H and O–H groups in total. The van der Waals surface area contributed by atoms with Gasteiger partial charge < -0.3 is 18.9 Å². The van der Waals surface area contributed by atoms with Crippen LogP contribution in [0, 0.1) is 0 Å². The zero-order chi connectivity index (χ0) is 81.3. The molecule has 0 aliphatic carbocycles. The van der Waals surface area contributed by atoms with Crippen molar-refractivity contribution >= 4 is 165 Å². The maximum absolute atomic E-state index is 2.75. The lowest BCUT2D eigenvalue weighted by Gasteiger charge is -2.46. The second-order valence-electron chi connectivity index (χ2n) is 34.5. The van der Waals surface area contributed by atoms with E-state index in [1.807, 2.05) is 0 Å². The van der Waals surface area contributed by atoms with Gasteiger partial charge in [0.1, 0.15) is 0 Å². The van der Waals surface area contributed by atoms with Gasteiger partial charge in [-0.1, -0.05) is 373 Å². The van der Waals surface area contributed by atoms with Crippen molar-refractivity contribution in [2.45, 2.75) is 26.2 Å². The number of hydrogen-bond acceptors (Lipinski definition) is 2. The molecule has 0 atom stereocenters. The number of benzene rings is 21. The third-order valence-corrected chi connectivity index (χ3v) is 26.7. The molecule has 0 unspecified atom stereocenters. The Bertz CT molecular complexity index is 7730. The molecule has 4 heterocycles. The molecule has 2 aliphatic rings. The maximum Gasteiger partial charge on any atom is 0.252 e. The highest BCUT2D eigenvalue weighted by molar-refractivity contribution is 7.00. The maximum atomic E-state index is 2.75. The molecular formula is C118H79BN4. The van der Waals surface area contributed by atoms with Gasteiger partial charge in [-0.05, 0) is 199 Å². The second-order valence-corrected chi connectivity index (χ2v) is 34.5. The van der Waals surface area contributed by atoms with E-state index in [0.717, 1.165) is 123 Å². The number of nitrogens with zero attached hydrogens (tertiary/aromatic N) is 4. The Balaban J connectivity index is 0.875. The first-order valence-electron chi connectivity index (χ1n) is 43.0. The molecule has 0 saturated heterocycles. The van der Waals surface area contributed by atoms with E-state index in [-0.39, 0.29) is 6.71 Å². The fraction of sp³-hybridized carbons (Fsp3) is 0.0339. The molecule has 0 radical (unpaired) electrons. The van der Waals surface area contributed by atoms with Gasteiger partial charge in [0.15, 0.2) is 0 Å². The third kappa shape index (κ3) is 10.8. The molecule has 23 aromatic rings. The molecule has 0 bridgehead atoms. The van der Waals surface area contributed by atoms with Gasteiger partial charge in [-0.25, -0.2) is 0 Å². The number of anilines is 6. The van der Waals surface area contributed by atoms with Crippen LogP contribution in [-0.4, -0.2) is 15.8 Å². The monoisotopic (exact) mass is 1560 g/mol. The summed E-state index contributed by atoms with van der Waals surface area (Å²) in [4.78, 5) is 5.51. The predicted molar refractivity (Wildman–Crippen MR) is 525 cm³/mol. The van der Waals surface area contributed by atoms with Crippen molar-refractivity contribution in [3.63, 3.8) is 0 Å². The molecule has 25 rings (SSSR count). The van der Waals surface area contributed by atoms with Gasteiger partial charge in [0.2, 0.25) is 0 Å². The number of fused-ring (bicyclic) bond motifs is 24. The van der Waals surface area contributed by atoms with Crippen LogP contribution >= 0.6 is 0 Å². The Hall–Kier alpha value is -15.6. The molecule has 123 heavy (non-hydrogen) atoms. The van der Waals surface area contributed by atoms with Gasteiger partial charge in [-0.3, -0.25) is 0 Å². The molecule has 0 amide bonds. The molecule has 21 aromatic carbocycles. The standard InChI is InChI=1S/C118H79BN4/c1-118(2,3)84-70-107-113-108(71-84)123(115-99(78-42-18-8-19-43-78)68-83(75-36-12-5-13-37-75)69-100(115)79-44-20-9-21-45-79)106-73-86(121-104-65-59-81-47-23-25-49-88(81)110(104)112-94-55-31-27-51-90(94)92-53-29-33-57-96(92)117(112)121)61-63-102(106)119(113)101-62-60-85(120-103-64-58-80-46-22-24-48-87(80)109(103)111-93-54-30-26-50-89(93)91-52-28-32-56-95(91)116(111)120)72-105(101)122(107)114-97(76-38-14-6-15-39-76)66-82(74-34-10-4-11-35-74)67-98(114)77-40-16-7-17-41-77/h4-73H,1-3H3. The third-order valence-electron chi connectivity index (χ3n) is 26.7. The highest BCUT2D eigenvalue weighted by Gasteiger charge is 2.47. The van der Waals surface area contributed by atoms with E-state index in [2.05, 4.69) is 464 Å². The zero-order valence-corrected chi connectivity index (χ0v) is 68.3. The summed E-state index contributed by atoms with van der Waals surface area (Å²) in [5.41, 5.74) is 31.4. The zero-order valence-electron chi connectivity index (χ0n) is 68.3. The summed E-state index contributed by atoms with van der Waals surface area (Å²) >= 11 is 0. The van der Waals surface area contributed by atoms with Crippen LogP contribution in [0.4, 0.5) is 34.1 Å². The lowest BCUT2D eigenvalue weighted by molar-refractivity contribution is 0.590. The van der Waals surface area contributed by atoms with Crippen LogP contribution in [0.1, 0.15) is 26.3 Å². The number of hydrogen-bond donors (Lipinski definition) is 0. The molecule has 574 valence electrons. The van der Waals surface area contributed by atoms with Crippen molar-refractivity contribution in [1.82, 2.24) is 9.13 Å². The first-order chi connectivity index (χ1) is 60.7. The fourth-order valence-electron chi connectivity index (χ4n) is 21.3. The Kier molecular flexibility index (Phi) is 15.8. The molecule has 0 saturated carbocycles. The summed E-state index contributed by atoms with van der Waals surface area (Å²) < 4.78 is 5.26. The lowest BCUT2D eigenvalue weighted by Crippen LogP contribution is -2.61. The van der Waals surface area contributed by atoms with Gasteiger partial charge in [-0.2, -0.15) is 0 Å². The van der Waals surface area contributed by atoms with Crippen LogP contribution in [0.2, 0.25) is 0 Å². The van der Waals surface area contributed by atoms with Gasteiger partial charge in [0.05, 0.1) is 33.4 Å². The first-order valence-corrected chi connectivity index (χ1v) is 43.0. The average molecular weight is 1560 g/mol. The Morgan fingerprint density at radius 1 is 0.220 bits per heavy atom. The minimum absolute atomic E-state index is 0.337. The normalized spacial score (nSPS) is 12.6. The quantitative estimate of drug-likeness (QED) is 0.100. The largest absolute Gasteiger partial charge is 0.310 e. The van der Waals surface area contributed by atoms with Crippen molar-refractivity contribution in [2.24, 2.45) is 0 Å². The van der Waals surface area contributed by atoms with Crippen LogP contribution < -0.4 is 26.2 Å². The Morgan fingerprint density at radius 2 is 0.512 bits per heavy atom. The summed E-state index contributed by atoms with van der Waals surface area (Å²) in [7, 11) is 0. The number of aromatic nitrogens is 2. The van der Waals surface area contributed by atoms with Crippen LogP contribution in [0.25, 0.3) is 186 Å². The summed E-state index contributed by atoms with van der Waals surface area (Å²) in [6.07, 6.45) is 0.